The molecule has 2 nitrogen and oxygen atoms in total. The van der Waals surface area contributed by atoms with Crippen molar-refractivity contribution in [1.82, 2.24) is 5.32 Å². The highest BCUT2D eigenvalue weighted by molar-refractivity contribution is 5.39. The largest absolute Gasteiger partial charge is 0.486 e. The minimum atomic E-state index is -0.150. The highest BCUT2D eigenvalue weighted by Gasteiger charge is 2.25. The minimum absolute atomic E-state index is 0.150. The lowest BCUT2D eigenvalue weighted by atomic mass is 9.86. The van der Waals surface area contributed by atoms with Gasteiger partial charge >= 0.3 is 0 Å². The Labute approximate surface area is 131 Å². The molecule has 0 radical (unpaired) electrons. The molecule has 0 bridgehead atoms. The summed E-state index contributed by atoms with van der Waals surface area (Å²) in [5.74, 6) is 1.01. The molecule has 0 amide bonds. The topological polar surface area (TPSA) is 21.3 Å². The van der Waals surface area contributed by atoms with E-state index in [0.717, 1.165) is 31.7 Å². The van der Waals surface area contributed by atoms with E-state index in [2.05, 4.69) is 72.0 Å². The summed E-state index contributed by atoms with van der Waals surface area (Å²) in [6.45, 7) is 17.4. The number of rotatable bonds is 7. The first-order valence-corrected chi connectivity index (χ1v) is 8.22. The van der Waals surface area contributed by atoms with E-state index in [-0.39, 0.29) is 11.0 Å². The highest BCUT2D eigenvalue weighted by Crippen LogP contribution is 2.30. The fraction of sp³-hybridized carbons (Fsp3) is 0.684. The predicted molar refractivity (Wildman–Crippen MR) is 92.4 cm³/mol. The minimum Gasteiger partial charge on any atom is -0.486 e. The molecule has 0 heterocycles. The molecule has 2 heteroatoms. The van der Waals surface area contributed by atoms with Gasteiger partial charge in [0.25, 0.3) is 0 Å². The fourth-order valence-electron chi connectivity index (χ4n) is 2.26. The van der Waals surface area contributed by atoms with Crippen molar-refractivity contribution < 1.29 is 4.74 Å². The van der Waals surface area contributed by atoms with Crippen LogP contribution in [0.4, 0.5) is 0 Å². The van der Waals surface area contributed by atoms with Crippen LogP contribution in [0.5, 0.6) is 5.75 Å². The van der Waals surface area contributed by atoms with Gasteiger partial charge in [-0.3, -0.25) is 0 Å². The van der Waals surface area contributed by atoms with E-state index in [1.807, 2.05) is 0 Å². The van der Waals surface area contributed by atoms with Gasteiger partial charge in [-0.2, -0.15) is 0 Å². The van der Waals surface area contributed by atoms with Gasteiger partial charge in [0.15, 0.2) is 0 Å². The summed E-state index contributed by atoms with van der Waals surface area (Å²) in [6.07, 6.45) is 2.14. The van der Waals surface area contributed by atoms with E-state index in [4.69, 9.17) is 4.74 Å². The molecule has 21 heavy (non-hydrogen) atoms. The van der Waals surface area contributed by atoms with Gasteiger partial charge in [-0.25, -0.2) is 0 Å². The lowest BCUT2D eigenvalue weighted by Gasteiger charge is -2.31. The van der Waals surface area contributed by atoms with E-state index in [0.29, 0.717) is 0 Å². The number of hydrogen-bond acceptors (Lipinski definition) is 2. The van der Waals surface area contributed by atoms with Gasteiger partial charge < -0.3 is 10.1 Å². The van der Waals surface area contributed by atoms with Crippen LogP contribution in [-0.2, 0) is 5.41 Å². The zero-order valence-corrected chi connectivity index (χ0v) is 15.0. The third kappa shape index (κ3) is 5.35. The smallest absolute Gasteiger partial charge is 0.123 e. The van der Waals surface area contributed by atoms with Crippen LogP contribution in [0.25, 0.3) is 0 Å². The molecule has 0 aliphatic carbocycles. The molecule has 1 aromatic rings. The van der Waals surface area contributed by atoms with Gasteiger partial charge in [0, 0.05) is 6.54 Å². The van der Waals surface area contributed by atoms with Crippen LogP contribution < -0.4 is 10.1 Å². The molecule has 0 aromatic heterocycles. The van der Waals surface area contributed by atoms with E-state index in [1.165, 1.54) is 11.1 Å². The Morgan fingerprint density at radius 3 is 2.24 bits per heavy atom. The second kappa shape index (κ2) is 7.31. The first-order valence-electron chi connectivity index (χ1n) is 8.22. The van der Waals surface area contributed by atoms with E-state index in [9.17, 15) is 0 Å². The second-order valence-electron chi connectivity index (χ2n) is 7.31. The lowest BCUT2D eigenvalue weighted by molar-refractivity contribution is 0.0829. The molecule has 0 aliphatic rings. The van der Waals surface area contributed by atoms with Gasteiger partial charge in [-0.05, 0) is 55.8 Å². The molecular weight excluding hydrogens is 258 g/mol. The molecule has 1 unspecified atom stereocenters. The summed E-state index contributed by atoms with van der Waals surface area (Å²) >= 11 is 0. The fourth-order valence-corrected chi connectivity index (χ4v) is 2.26. The van der Waals surface area contributed by atoms with E-state index >= 15 is 0 Å². The Hall–Kier alpha value is -1.02. The molecule has 1 aromatic carbocycles. The van der Waals surface area contributed by atoms with Crippen LogP contribution in [0.2, 0.25) is 0 Å². The molecule has 1 atom stereocenters. The maximum absolute atomic E-state index is 6.33. The third-order valence-electron chi connectivity index (χ3n) is 4.07. The first-order chi connectivity index (χ1) is 9.72. The summed E-state index contributed by atoms with van der Waals surface area (Å²) in [6, 6.07) is 6.58. The quantitative estimate of drug-likeness (QED) is 0.726. The maximum atomic E-state index is 6.33. The number of hydrogen-bond donors (Lipinski definition) is 1. The third-order valence-corrected chi connectivity index (χ3v) is 4.07. The second-order valence-corrected chi connectivity index (χ2v) is 7.31. The molecule has 120 valence electrons. The Kier molecular flexibility index (Phi) is 6.27. The predicted octanol–water partition coefficient (Wildman–Crippen LogP) is 4.84. The van der Waals surface area contributed by atoms with Crippen LogP contribution >= 0.6 is 0 Å². The molecule has 1 N–H and O–H groups in total. The number of benzene rings is 1. The van der Waals surface area contributed by atoms with Crippen molar-refractivity contribution in [3.63, 3.8) is 0 Å². The van der Waals surface area contributed by atoms with Crippen LogP contribution in [0, 0.1) is 6.92 Å². The van der Waals surface area contributed by atoms with Crippen LogP contribution in [-0.4, -0.2) is 18.7 Å². The summed E-state index contributed by atoms with van der Waals surface area (Å²) in [4.78, 5) is 0. The Balaban J connectivity index is 2.85. The SMILES string of the molecule is CCCNCC(C)(CC)Oc1ccc(C(C)(C)C)cc1C. The lowest BCUT2D eigenvalue weighted by Crippen LogP contribution is -2.43. The summed E-state index contributed by atoms with van der Waals surface area (Å²) in [5, 5.41) is 3.48. The highest BCUT2D eigenvalue weighted by atomic mass is 16.5. The molecule has 1 rings (SSSR count). The Bertz CT molecular complexity index is 447. The van der Waals surface area contributed by atoms with Crippen LogP contribution in [0.3, 0.4) is 0 Å². The van der Waals surface area contributed by atoms with Gasteiger partial charge in [0.1, 0.15) is 11.4 Å². The Morgan fingerprint density at radius 1 is 1.10 bits per heavy atom. The maximum Gasteiger partial charge on any atom is 0.123 e. The van der Waals surface area contributed by atoms with E-state index < -0.39 is 0 Å². The normalized spacial score (nSPS) is 14.8. The summed E-state index contributed by atoms with van der Waals surface area (Å²) in [5.41, 5.74) is 2.61. The first kappa shape index (κ1) is 18.0. The molecule has 0 saturated carbocycles. The monoisotopic (exact) mass is 291 g/mol. The van der Waals surface area contributed by atoms with Crippen molar-refractivity contribution in [3.05, 3.63) is 29.3 Å². The van der Waals surface area contributed by atoms with Crippen molar-refractivity contribution in [2.75, 3.05) is 13.1 Å². The van der Waals surface area contributed by atoms with Gasteiger partial charge in [0.2, 0.25) is 0 Å². The Morgan fingerprint density at radius 2 is 1.76 bits per heavy atom. The van der Waals surface area contributed by atoms with Crippen LogP contribution in [0.15, 0.2) is 18.2 Å². The molecule has 0 saturated heterocycles. The summed E-state index contributed by atoms with van der Waals surface area (Å²) in [7, 11) is 0. The van der Waals surface area contributed by atoms with Crippen LogP contribution in [0.1, 0.15) is 65.5 Å². The number of ether oxygens (including phenoxy) is 1. The average molecular weight is 291 g/mol. The molecule has 0 fully saturated rings. The average Bonchev–Trinajstić information content (AvgIpc) is 2.40. The van der Waals surface area contributed by atoms with Crippen molar-refractivity contribution in [1.29, 1.82) is 0 Å². The van der Waals surface area contributed by atoms with Crippen molar-refractivity contribution in [3.8, 4) is 5.75 Å². The zero-order chi connectivity index (χ0) is 16.1. The number of aryl methyl sites for hydroxylation is 1. The standard InChI is InChI=1S/C19H33NO/c1-8-12-20-14-19(7,9-2)21-17-11-10-16(13-15(17)3)18(4,5)6/h10-11,13,20H,8-9,12,14H2,1-7H3. The van der Waals surface area contributed by atoms with Crippen molar-refractivity contribution in [2.24, 2.45) is 0 Å². The van der Waals surface area contributed by atoms with E-state index in [1.54, 1.807) is 0 Å². The number of nitrogens with one attached hydrogen (secondary N) is 1. The zero-order valence-electron chi connectivity index (χ0n) is 15.0. The van der Waals surface area contributed by atoms with Gasteiger partial charge in [0.05, 0.1) is 0 Å². The molecule has 0 spiro atoms. The van der Waals surface area contributed by atoms with Gasteiger partial charge in [-0.1, -0.05) is 46.8 Å². The van der Waals surface area contributed by atoms with Gasteiger partial charge in [-0.15, -0.1) is 0 Å². The molecule has 0 aliphatic heterocycles. The summed E-state index contributed by atoms with van der Waals surface area (Å²) < 4.78 is 6.33. The van der Waals surface area contributed by atoms with Crippen molar-refractivity contribution >= 4 is 0 Å². The van der Waals surface area contributed by atoms with Crippen molar-refractivity contribution in [2.45, 2.75) is 72.3 Å². The molecular formula is C19H33NO.